The SMILES string of the molecule is CC(C)(C)Cc1cc(Nc2nc(C3CC3)nc(N3CCN(C4(C)COC4)CC3)c2F)n[nH]1. The predicted octanol–water partition coefficient (Wildman–Crippen LogP) is 3.46. The van der Waals surface area contributed by atoms with E-state index >= 15 is 4.39 Å². The third-order valence-electron chi connectivity index (χ3n) is 6.56. The molecule has 174 valence electrons. The van der Waals surface area contributed by atoms with Gasteiger partial charge in [0.25, 0.3) is 0 Å². The molecule has 0 amide bonds. The maximum atomic E-state index is 15.6. The van der Waals surface area contributed by atoms with Crippen molar-refractivity contribution in [1.29, 1.82) is 0 Å². The Morgan fingerprint density at radius 3 is 2.50 bits per heavy atom. The highest BCUT2D eigenvalue weighted by Crippen LogP contribution is 2.40. The molecule has 0 atom stereocenters. The molecule has 0 unspecified atom stereocenters. The van der Waals surface area contributed by atoms with Crippen molar-refractivity contribution < 1.29 is 9.13 Å². The van der Waals surface area contributed by atoms with E-state index in [0.29, 0.717) is 17.6 Å². The second kappa shape index (κ2) is 7.95. The number of ether oxygens (including phenoxy) is 1. The summed E-state index contributed by atoms with van der Waals surface area (Å²) in [5.41, 5.74) is 1.27. The van der Waals surface area contributed by atoms with Crippen LogP contribution in [-0.4, -0.2) is 70.0 Å². The van der Waals surface area contributed by atoms with Gasteiger partial charge in [-0.25, -0.2) is 9.97 Å². The maximum Gasteiger partial charge on any atom is 0.208 e. The number of hydrogen-bond donors (Lipinski definition) is 2. The summed E-state index contributed by atoms with van der Waals surface area (Å²) in [7, 11) is 0. The van der Waals surface area contributed by atoms with Crippen molar-refractivity contribution in [1.82, 2.24) is 25.1 Å². The molecule has 1 aliphatic carbocycles. The number of piperazine rings is 1. The van der Waals surface area contributed by atoms with Crippen LogP contribution >= 0.6 is 0 Å². The Bertz CT molecular complexity index is 969. The van der Waals surface area contributed by atoms with Gasteiger partial charge < -0.3 is 15.0 Å². The molecule has 8 nitrogen and oxygen atoms in total. The summed E-state index contributed by atoms with van der Waals surface area (Å²) in [6, 6.07) is 1.93. The highest BCUT2D eigenvalue weighted by molar-refractivity contribution is 5.59. The van der Waals surface area contributed by atoms with Crippen LogP contribution in [0.3, 0.4) is 0 Å². The highest BCUT2D eigenvalue weighted by Gasteiger charge is 2.41. The minimum Gasteiger partial charge on any atom is -0.377 e. The monoisotopic (exact) mass is 443 g/mol. The Labute approximate surface area is 188 Å². The van der Waals surface area contributed by atoms with Crippen molar-refractivity contribution in [2.24, 2.45) is 5.41 Å². The number of rotatable bonds is 6. The molecule has 9 heteroatoms. The van der Waals surface area contributed by atoms with Gasteiger partial charge in [-0.1, -0.05) is 20.8 Å². The molecule has 3 fully saturated rings. The van der Waals surface area contributed by atoms with Crippen LogP contribution < -0.4 is 10.2 Å². The number of anilines is 3. The first-order valence-electron chi connectivity index (χ1n) is 11.7. The zero-order chi connectivity index (χ0) is 22.5. The van der Waals surface area contributed by atoms with Crippen molar-refractivity contribution >= 4 is 17.5 Å². The first kappa shape index (κ1) is 21.6. The number of hydrogen-bond acceptors (Lipinski definition) is 7. The Kier molecular flexibility index (Phi) is 5.36. The van der Waals surface area contributed by atoms with E-state index in [1.807, 2.05) is 6.07 Å². The number of nitrogens with one attached hydrogen (secondary N) is 2. The molecular formula is C23H34FN7O. The fraction of sp³-hybridized carbons (Fsp3) is 0.696. The van der Waals surface area contributed by atoms with Crippen LogP contribution in [0.2, 0.25) is 0 Å². The first-order valence-corrected chi connectivity index (χ1v) is 11.7. The van der Waals surface area contributed by atoms with Crippen LogP contribution in [0, 0.1) is 11.2 Å². The second-order valence-corrected chi connectivity index (χ2v) is 10.9. The molecule has 2 saturated heterocycles. The normalized spacial score (nSPS) is 21.5. The van der Waals surface area contributed by atoms with E-state index in [-0.39, 0.29) is 16.8 Å². The van der Waals surface area contributed by atoms with Crippen LogP contribution in [0.15, 0.2) is 6.07 Å². The Morgan fingerprint density at radius 2 is 1.91 bits per heavy atom. The topological polar surface area (TPSA) is 82.2 Å². The average molecular weight is 444 g/mol. The molecule has 2 aromatic rings. The van der Waals surface area contributed by atoms with Gasteiger partial charge in [0.1, 0.15) is 5.82 Å². The van der Waals surface area contributed by atoms with Gasteiger partial charge in [-0.15, -0.1) is 0 Å². The summed E-state index contributed by atoms with van der Waals surface area (Å²) < 4.78 is 21.0. The number of nitrogens with zero attached hydrogens (tertiary/aromatic N) is 5. The van der Waals surface area contributed by atoms with E-state index < -0.39 is 5.82 Å². The molecule has 0 spiro atoms. The van der Waals surface area contributed by atoms with Gasteiger partial charge in [0.15, 0.2) is 17.5 Å². The molecule has 5 rings (SSSR count). The van der Waals surface area contributed by atoms with E-state index in [9.17, 15) is 0 Å². The van der Waals surface area contributed by atoms with Gasteiger partial charge in [-0.05, 0) is 31.6 Å². The summed E-state index contributed by atoms with van der Waals surface area (Å²) in [4.78, 5) is 13.7. The fourth-order valence-corrected chi connectivity index (χ4v) is 4.52. The van der Waals surface area contributed by atoms with Crippen LogP contribution in [0.5, 0.6) is 0 Å². The molecule has 0 radical (unpaired) electrons. The van der Waals surface area contributed by atoms with Crippen molar-refractivity contribution in [3.05, 3.63) is 23.4 Å². The lowest BCUT2D eigenvalue weighted by Crippen LogP contribution is -2.64. The number of aromatic nitrogens is 4. The Hall–Kier alpha value is -2.26. The Morgan fingerprint density at radius 1 is 1.19 bits per heavy atom. The summed E-state index contributed by atoms with van der Waals surface area (Å²) in [6.07, 6.45) is 2.99. The van der Waals surface area contributed by atoms with Crippen molar-refractivity contribution in [2.75, 3.05) is 49.6 Å². The van der Waals surface area contributed by atoms with Gasteiger partial charge in [0, 0.05) is 43.9 Å². The molecule has 1 saturated carbocycles. The van der Waals surface area contributed by atoms with E-state index in [1.54, 1.807) is 0 Å². The molecule has 4 heterocycles. The van der Waals surface area contributed by atoms with Crippen molar-refractivity contribution in [3.63, 3.8) is 0 Å². The van der Waals surface area contributed by atoms with E-state index in [1.165, 1.54) is 0 Å². The molecule has 2 aromatic heterocycles. The van der Waals surface area contributed by atoms with Crippen LogP contribution in [0.25, 0.3) is 0 Å². The summed E-state index contributed by atoms with van der Waals surface area (Å²) in [5.74, 6) is 1.87. The Balaban J connectivity index is 1.35. The smallest absolute Gasteiger partial charge is 0.208 e. The number of halogens is 1. The first-order chi connectivity index (χ1) is 15.2. The molecule has 3 aliphatic rings. The number of H-pyrrole nitrogens is 1. The molecular weight excluding hydrogens is 409 g/mol. The lowest BCUT2D eigenvalue weighted by Gasteiger charge is -2.50. The molecule has 0 aromatic carbocycles. The van der Waals surface area contributed by atoms with Crippen LogP contribution in [0.1, 0.15) is 58.0 Å². The summed E-state index contributed by atoms with van der Waals surface area (Å²) >= 11 is 0. The van der Waals surface area contributed by atoms with Gasteiger partial charge in [-0.3, -0.25) is 10.00 Å². The zero-order valence-corrected chi connectivity index (χ0v) is 19.5. The van der Waals surface area contributed by atoms with Crippen LogP contribution in [0.4, 0.5) is 21.8 Å². The standard InChI is InChI=1S/C23H34FN7O/c1-22(2,3)12-16-11-17(29-28-16)25-20-18(24)21(27-19(26-20)15-5-6-15)30-7-9-31(10-8-30)23(4)13-32-14-23/h11,15H,5-10,12-14H2,1-4H3,(H2,25,26,27,28,29). The molecule has 0 bridgehead atoms. The van der Waals surface area contributed by atoms with Gasteiger partial charge in [0.2, 0.25) is 5.82 Å². The minimum atomic E-state index is -0.401. The van der Waals surface area contributed by atoms with Gasteiger partial charge in [-0.2, -0.15) is 9.49 Å². The zero-order valence-electron chi connectivity index (χ0n) is 19.5. The molecule has 2 N–H and O–H groups in total. The van der Waals surface area contributed by atoms with Gasteiger partial charge >= 0.3 is 0 Å². The van der Waals surface area contributed by atoms with Gasteiger partial charge in [0.05, 0.1) is 18.8 Å². The fourth-order valence-electron chi connectivity index (χ4n) is 4.52. The lowest BCUT2D eigenvalue weighted by atomic mass is 9.91. The van der Waals surface area contributed by atoms with Crippen molar-refractivity contribution in [2.45, 2.75) is 58.4 Å². The quantitative estimate of drug-likeness (QED) is 0.708. The summed E-state index contributed by atoms with van der Waals surface area (Å²) in [6.45, 7) is 13.6. The molecule has 2 aliphatic heterocycles. The van der Waals surface area contributed by atoms with E-state index in [4.69, 9.17) is 4.74 Å². The maximum absolute atomic E-state index is 15.6. The largest absolute Gasteiger partial charge is 0.377 e. The van der Waals surface area contributed by atoms with Crippen molar-refractivity contribution in [3.8, 4) is 0 Å². The van der Waals surface area contributed by atoms with E-state index in [0.717, 1.165) is 70.2 Å². The second-order valence-electron chi connectivity index (χ2n) is 10.9. The van der Waals surface area contributed by atoms with E-state index in [2.05, 4.69) is 63.0 Å². The predicted molar refractivity (Wildman–Crippen MR) is 122 cm³/mol. The minimum absolute atomic E-state index is 0.118. The van der Waals surface area contributed by atoms with Crippen LogP contribution in [-0.2, 0) is 11.2 Å². The molecule has 32 heavy (non-hydrogen) atoms. The number of aromatic amines is 1. The lowest BCUT2D eigenvalue weighted by molar-refractivity contribution is -0.131. The summed E-state index contributed by atoms with van der Waals surface area (Å²) in [5, 5.41) is 10.5. The average Bonchev–Trinajstić information content (AvgIpc) is 3.48. The third kappa shape index (κ3) is 4.45. The highest BCUT2D eigenvalue weighted by atomic mass is 19.1. The third-order valence-corrected chi connectivity index (χ3v) is 6.56.